The smallest absolute Gasteiger partial charge is 0.250 e. The van der Waals surface area contributed by atoms with E-state index in [9.17, 15) is 4.79 Å². The Bertz CT molecular complexity index is 448. The van der Waals surface area contributed by atoms with E-state index < -0.39 is 0 Å². The molecule has 4 heteroatoms. The molecule has 0 spiro atoms. The summed E-state index contributed by atoms with van der Waals surface area (Å²) in [5.41, 5.74) is 7.13. The lowest BCUT2D eigenvalue weighted by atomic mass is 9.76. The van der Waals surface area contributed by atoms with Crippen molar-refractivity contribution in [2.24, 2.45) is 5.73 Å². The highest BCUT2D eigenvalue weighted by molar-refractivity contribution is 7.12. The Morgan fingerprint density at radius 1 is 1.56 bits per heavy atom. The van der Waals surface area contributed by atoms with Gasteiger partial charge in [0.05, 0.1) is 18.3 Å². The van der Waals surface area contributed by atoms with Gasteiger partial charge in [-0.25, -0.2) is 0 Å². The fourth-order valence-corrected chi connectivity index (χ4v) is 3.56. The number of aryl methyl sites for hydroxylation is 1. The van der Waals surface area contributed by atoms with E-state index in [2.05, 4.69) is 13.8 Å². The largest absolute Gasteiger partial charge is 0.372 e. The van der Waals surface area contributed by atoms with Crippen LogP contribution in [0.5, 0.6) is 0 Å². The lowest BCUT2D eigenvalue weighted by molar-refractivity contribution is -0.00630. The molecule has 1 aromatic heterocycles. The predicted octanol–water partition coefficient (Wildman–Crippen LogP) is 2.35. The van der Waals surface area contributed by atoms with E-state index in [1.807, 2.05) is 13.8 Å². The first kappa shape index (κ1) is 11.6. The standard InChI is InChI=1S/C12H17NO2S/c1-6-9(11(13)14)10-8(16-6)5-15-7(2)12(10,3)4/h7H,5H2,1-4H3,(H2,13,14). The molecule has 0 saturated heterocycles. The molecule has 0 radical (unpaired) electrons. The van der Waals surface area contributed by atoms with Gasteiger partial charge in [0.25, 0.3) is 0 Å². The van der Waals surface area contributed by atoms with Crippen LogP contribution >= 0.6 is 11.3 Å². The molecule has 2 N–H and O–H groups in total. The van der Waals surface area contributed by atoms with E-state index in [0.29, 0.717) is 12.2 Å². The predicted molar refractivity (Wildman–Crippen MR) is 64.9 cm³/mol. The molecule has 1 atom stereocenters. The molecule has 0 fully saturated rings. The molecule has 88 valence electrons. The zero-order chi connectivity index (χ0) is 12.1. The van der Waals surface area contributed by atoms with E-state index >= 15 is 0 Å². The van der Waals surface area contributed by atoms with Crippen molar-refractivity contribution in [2.75, 3.05) is 0 Å². The number of amides is 1. The maximum Gasteiger partial charge on any atom is 0.250 e. The number of primary amides is 1. The third-order valence-corrected chi connectivity index (χ3v) is 4.61. The van der Waals surface area contributed by atoms with Crippen molar-refractivity contribution in [3.63, 3.8) is 0 Å². The second-order valence-electron chi connectivity index (χ2n) is 4.87. The molecule has 1 unspecified atom stereocenters. The summed E-state index contributed by atoms with van der Waals surface area (Å²) in [4.78, 5) is 13.7. The van der Waals surface area contributed by atoms with Gasteiger partial charge in [0.15, 0.2) is 0 Å². The summed E-state index contributed by atoms with van der Waals surface area (Å²) in [5, 5.41) is 0. The first-order valence-corrected chi connectivity index (χ1v) is 6.21. The van der Waals surface area contributed by atoms with Crippen molar-refractivity contribution in [2.45, 2.75) is 45.8 Å². The van der Waals surface area contributed by atoms with Crippen LogP contribution in [0.25, 0.3) is 0 Å². The molecule has 2 heterocycles. The van der Waals surface area contributed by atoms with Crippen molar-refractivity contribution >= 4 is 17.2 Å². The van der Waals surface area contributed by atoms with E-state index in [1.54, 1.807) is 11.3 Å². The van der Waals surface area contributed by atoms with Crippen molar-refractivity contribution < 1.29 is 9.53 Å². The van der Waals surface area contributed by atoms with Crippen LogP contribution in [0.3, 0.4) is 0 Å². The Morgan fingerprint density at radius 2 is 2.19 bits per heavy atom. The minimum Gasteiger partial charge on any atom is -0.372 e. The van der Waals surface area contributed by atoms with Gasteiger partial charge >= 0.3 is 0 Å². The summed E-state index contributed by atoms with van der Waals surface area (Å²) in [6, 6.07) is 0. The van der Waals surface area contributed by atoms with E-state index in [1.165, 1.54) is 0 Å². The zero-order valence-corrected chi connectivity index (χ0v) is 10.9. The monoisotopic (exact) mass is 239 g/mol. The van der Waals surface area contributed by atoms with Gasteiger partial charge < -0.3 is 10.5 Å². The number of rotatable bonds is 1. The third-order valence-electron chi connectivity index (χ3n) is 3.53. The lowest BCUT2D eigenvalue weighted by Crippen LogP contribution is -2.39. The number of thiophene rings is 1. The Labute approximate surface area is 99.6 Å². The van der Waals surface area contributed by atoms with Gasteiger partial charge in [0.1, 0.15) is 0 Å². The number of hydrogen-bond donors (Lipinski definition) is 1. The Balaban J connectivity index is 2.68. The molecule has 0 bridgehead atoms. The summed E-state index contributed by atoms with van der Waals surface area (Å²) >= 11 is 1.62. The molecule has 1 aromatic rings. The first-order chi connectivity index (χ1) is 7.35. The summed E-state index contributed by atoms with van der Waals surface area (Å²) in [6.45, 7) is 8.80. The number of carbonyl (C=O) groups is 1. The number of fused-ring (bicyclic) bond motifs is 1. The van der Waals surface area contributed by atoms with Gasteiger partial charge in [-0.3, -0.25) is 4.79 Å². The third kappa shape index (κ3) is 1.48. The molecule has 0 saturated carbocycles. The van der Waals surface area contributed by atoms with E-state index in [-0.39, 0.29) is 17.4 Å². The normalized spacial score (nSPS) is 22.9. The summed E-state index contributed by atoms with van der Waals surface area (Å²) in [6.07, 6.45) is 0.104. The SMILES string of the molecule is Cc1sc2c(c1C(N)=O)C(C)(C)C(C)OC2. The fourth-order valence-electron chi connectivity index (χ4n) is 2.29. The topological polar surface area (TPSA) is 52.3 Å². The molecular weight excluding hydrogens is 222 g/mol. The Kier molecular flexibility index (Phi) is 2.59. The molecule has 2 rings (SSSR count). The summed E-state index contributed by atoms with van der Waals surface area (Å²) in [5.74, 6) is -0.322. The van der Waals surface area contributed by atoms with Crippen molar-refractivity contribution in [1.82, 2.24) is 0 Å². The van der Waals surface area contributed by atoms with Gasteiger partial charge in [-0.05, 0) is 19.4 Å². The maximum absolute atomic E-state index is 11.5. The highest BCUT2D eigenvalue weighted by Crippen LogP contribution is 2.43. The molecular formula is C12H17NO2S. The van der Waals surface area contributed by atoms with Gasteiger partial charge in [-0.15, -0.1) is 11.3 Å². The van der Waals surface area contributed by atoms with Crippen LogP contribution in [0, 0.1) is 6.92 Å². The molecule has 1 amide bonds. The van der Waals surface area contributed by atoms with Gasteiger partial charge in [-0.1, -0.05) is 13.8 Å². The first-order valence-electron chi connectivity index (χ1n) is 5.40. The number of ether oxygens (including phenoxy) is 1. The van der Waals surface area contributed by atoms with E-state index in [4.69, 9.17) is 10.5 Å². The molecule has 3 nitrogen and oxygen atoms in total. The average Bonchev–Trinajstić information content (AvgIpc) is 2.50. The average molecular weight is 239 g/mol. The molecule has 0 aliphatic carbocycles. The fraction of sp³-hybridized carbons (Fsp3) is 0.583. The van der Waals surface area contributed by atoms with Crippen LogP contribution in [0.4, 0.5) is 0 Å². The zero-order valence-electron chi connectivity index (χ0n) is 10.1. The van der Waals surface area contributed by atoms with Crippen molar-refractivity contribution in [1.29, 1.82) is 0 Å². The van der Waals surface area contributed by atoms with Crippen LogP contribution in [-0.2, 0) is 16.8 Å². The second-order valence-corrected chi connectivity index (χ2v) is 6.18. The van der Waals surface area contributed by atoms with E-state index in [0.717, 1.165) is 15.3 Å². The van der Waals surface area contributed by atoms with Crippen LogP contribution in [0.2, 0.25) is 0 Å². The summed E-state index contributed by atoms with van der Waals surface area (Å²) < 4.78 is 5.73. The van der Waals surface area contributed by atoms with Crippen LogP contribution in [-0.4, -0.2) is 12.0 Å². The molecule has 16 heavy (non-hydrogen) atoms. The van der Waals surface area contributed by atoms with Crippen molar-refractivity contribution in [3.05, 3.63) is 20.9 Å². The van der Waals surface area contributed by atoms with Gasteiger partial charge in [-0.2, -0.15) is 0 Å². The number of hydrogen-bond acceptors (Lipinski definition) is 3. The Morgan fingerprint density at radius 3 is 2.75 bits per heavy atom. The van der Waals surface area contributed by atoms with Crippen LogP contribution < -0.4 is 5.73 Å². The molecule has 0 aromatic carbocycles. The summed E-state index contributed by atoms with van der Waals surface area (Å²) in [7, 11) is 0. The second kappa shape index (κ2) is 3.57. The minimum atomic E-state index is -0.322. The van der Waals surface area contributed by atoms with Gasteiger partial charge in [0, 0.05) is 15.2 Å². The van der Waals surface area contributed by atoms with Crippen molar-refractivity contribution in [3.8, 4) is 0 Å². The van der Waals surface area contributed by atoms with Gasteiger partial charge in [0.2, 0.25) is 5.91 Å². The highest BCUT2D eigenvalue weighted by Gasteiger charge is 2.39. The maximum atomic E-state index is 11.5. The van der Waals surface area contributed by atoms with Crippen LogP contribution in [0.1, 0.15) is 46.4 Å². The molecule has 1 aliphatic rings. The lowest BCUT2D eigenvalue weighted by Gasteiger charge is -2.37. The quantitative estimate of drug-likeness (QED) is 0.818. The number of nitrogens with two attached hydrogens (primary N) is 1. The molecule has 1 aliphatic heterocycles. The highest BCUT2D eigenvalue weighted by atomic mass is 32.1. The minimum absolute atomic E-state index is 0.104. The Hall–Kier alpha value is -0.870. The number of carbonyl (C=O) groups excluding carboxylic acids is 1. The van der Waals surface area contributed by atoms with Crippen LogP contribution in [0.15, 0.2) is 0 Å².